The Balaban J connectivity index is 1.59. The first kappa shape index (κ1) is 16.6. The van der Waals surface area contributed by atoms with Crippen LogP contribution in [0.5, 0.6) is 5.75 Å². The van der Waals surface area contributed by atoms with E-state index >= 15 is 0 Å². The second-order valence-corrected chi connectivity index (χ2v) is 8.06. The topological polar surface area (TPSA) is 53.1 Å². The summed E-state index contributed by atoms with van der Waals surface area (Å²) in [6.45, 7) is 3.06. The third kappa shape index (κ3) is 2.73. The van der Waals surface area contributed by atoms with E-state index in [-0.39, 0.29) is 5.63 Å². The van der Waals surface area contributed by atoms with Crippen LogP contribution >= 0.6 is 11.6 Å². The molecule has 1 N–H and O–H groups in total. The van der Waals surface area contributed by atoms with E-state index in [1.165, 1.54) is 4.90 Å². The Morgan fingerprint density at radius 1 is 1.15 bits per heavy atom. The van der Waals surface area contributed by atoms with Crippen LogP contribution in [0, 0.1) is 0 Å². The maximum Gasteiger partial charge on any atom is 0.339 e. The summed E-state index contributed by atoms with van der Waals surface area (Å²) in [6.07, 6.45) is 6.40. The molecule has 1 saturated heterocycles. The monoisotopic (exact) mass is 376 g/mol. The predicted octanol–water partition coefficient (Wildman–Crippen LogP) is 2.24. The van der Waals surface area contributed by atoms with Crippen LogP contribution in [-0.4, -0.2) is 26.0 Å². The van der Waals surface area contributed by atoms with Gasteiger partial charge in [-0.05, 0) is 50.2 Å². The molecule has 0 saturated carbocycles. The van der Waals surface area contributed by atoms with Gasteiger partial charge in [0.2, 0.25) is 6.73 Å². The van der Waals surface area contributed by atoms with Crippen molar-refractivity contribution in [3.05, 3.63) is 38.2 Å². The lowest BCUT2D eigenvalue weighted by Gasteiger charge is -2.29. The van der Waals surface area contributed by atoms with Crippen LogP contribution in [0.15, 0.2) is 15.3 Å². The highest BCUT2D eigenvalue weighted by Gasteiger charge is 2.31. The van der Waals surface area contributed by atoms with Crippen molar-refractivity contribution in [1.82, 2.24) is 0 Å². The van der Waals surface area contributed by atoms with Crippen molar-refractivity contribution in [2.75, 3.05) is 19.9 Å². The number of hydrogen-bond donors (Lipinski definition) is 1. The summed E-state index contributed by atoms with van der Waals surface area (Å²) in [6, 6.07) is 1.92. The quantitative estimate of drug-likeness (QED) is 0.817. The molecule has 2 aromatic rings. The first-order valence-electron chi connectivity index (χ1n) is 9.58. The first-order valence-corrected chi connectivity index (χ1v) is 9.96. The minimum Gasteiger partial charge on any atom is -0.443 e. The van der Waals surface area contributed by atoms with Gasteiger partial charge in [0.05, 0.1) is 10.6 Å². The number of rotatable bonds is 2. The van der Waals surface area contributed by atoms with Crippen LogP contribution in [0.4, 0.5) is 0 Å². The van der Waals surface area contributed by atoms with E-state index in [9.17, 15) is 4.79 Å². The molecule has 1 aromatic heterocycles. The van der Waals surface area contributed by atoms with E-state index in [2.05, 4.69) is 0 Å². The molecular formula is C20H23ClNO4+. The van der Waals surface area contributed by atoms with Gasteiger partial charge in [-0.25, -0.2) is 4.79 Å². The van der Waals surface area contributed by atoms with Crippen molar-refractivity contribution in [2.24, 2.45) is 0 Å². The molecule has 1 unspecified atom stereocenters. The summed E-state index contributed by atoms with van der Waals surface area (Å²) >= 11 is 6.54. The fourth-order valence-electron chi connectivity index (χ4n) is 4.64. The Bertz CT molecular complexity index is 916. The highest BCUT2D eigenvalue weighted by atomic mass is 35.5. The first-order chi connectivity index (χ1) is 12.7. The number of halogens is 1. The van der Waals surface area contributed by atoms with Crippen molar-refractivity contribution in [3.63, 3.8) is 0 Å². The molecule has 2 atom stereocenters. The van der Waals surface area contributed by atoms with Crippen LogP contribution in [0.25, 0.3) is 11.0 Å². The standard InChI is InChI=1S/C20H22ClNO4/c21-17-8-15-13-5-1-2-6-14(13)20(23)26-18(15)16-10-22(11-25-19(16)17)9-12-4-3-7-24-12/h8,12H,1-7,9-11H2/p+1/t12-/m1/s1. The van der Waals surface area contributed by atoms with Crippen molar-refractivity contribution >= 4 is 22.6 Å². The van der Waals surface area contributed by atoms with Gasteiger partial charge in [0, 0.05) is 17.6 Å². The van der Waals surface area contributed by atoms with Crippen LogP contribution in [0.2, 0.25) is 5.02 Å². The maximum absolute atomic E-state index is 12.5. The summed E-state index contributed by atoms with van der Waals surface area (Å²) in [5.74, 6) is 0.675. The SMILES string of the molecule is O=c1oc2c3c(c(Cl)cc2c2c1CCCC2)OC[NH+](C[C@H]1CCCO1)C3. The average molecular weight is 377 g/mol. The second kappa shape index (κ2) is 6.55. The van der Waals surface area contributed by atoms with Crippen molar-refractivity contribution < 1.29 is 18.8 Å². The fraction of sp³-hybridized carbons (Fsp3) is 0.550. The normalized spacial score (nSPS) is 25.0. The largest absolute Gasteiger partial charge is 0.443 e. The van der Waals surface area contributed by atoms with Crippen molar-refractivity contribution in [2.45, 2.75) is 51.2 Å². The van der Waals surface area contributed by atoms with Gasteiger partial charge in [-0.3, -0.25) is 4.90 Å². The zero-order valence-corrected chi connectivity index (χ0v) is 15.5. The lowest BCUT2D eigenvalue weighted by atomic mass is 9.90. The van der Waals surface area contributed by atoms with E-state index in [0.29, 0.717) is 29.2 Å². The number of nitrogens with one attached hydrogen (secondary N) is 1. The van der Waals surface area contributed by atoms with Gasteiger partial charge in [-0.15, -0.1) is 0 Å². The fourth-order valence-corrected chi connectivity index (χ4v) is 4.92. The van der Waals surface area contributed by atoms with Crippen LogP contribution in [-0.2, 0) is 24.1 Å². The zero-order chi connectivity index (χ0) is 17.7. The van der Waals surface area contributed by atoms with E-state index in [1.807, 2.05) is 6.07 Å². The lowest BCUT2D eigenvalue weighted by Crippen LogP contribution is -3.13. The molecule has 3 aliphatic rings. The molecule has 5 nitrogen and oxygen atoms in total. The molecule has 0 amide bonds. The maximum atomic E-state index is 12.5. The number of fused-ring (bicyclic) bond motifs is 5. The molecule has 0 spiro atoms. The molecule has 2 aliphatic heterocycles. The summed E-state index contributed by atoms with van der Waals surface area (Å²) in [5.41, 5.74) is 3.36. The molecule has 1 aliphatic carbocycles. The summed E-state index contributed by atoms with van der Waals surface area (Å²) < 4.78 is 17.5. The number of ether oxygens (including phenoxy) is 2. The van der Waals surface area contributed by atoms with Gasteiger partial charge in [0.1, 0.15) is 19.2 Å². The highest BCUT2D eigenvalue weighted by molar-refractivity contribution is 6.33. The molecular weight excluding hydrogens is 354 g/mol. The number of aryl methyl sites for hydroxylation is 1. The van der Waals surface area contributed by atoms with Gasteiger partial charge in [0.15, 0.2) is 11.3 Å². The van der Waals surface area contributed by atoms with E-state index < -0.39 is 0 Å². The van der Waals surface area contributed by atoms with Crippen molar-refractivity contribution in [1.29, 1.82) is 0 Å². The minimum absolute atomic E-state index is 0.192. The Labute approximate surface area is 156 Å². The van der Waals surface area contributed by atoms with Crippen molar-refractivity contribution in [3.8, 4) is 5.75 Å². The molecule has 138 valence electrons. The Morgan fingerprint density at radius 2 is 2.00 bits per heavy atom. The Kier molecular flexibility index (Phi) is 4.18. The lowest BCUT2D eigenvalue weighted by molar-refractivity contribution is -0.935. The Morgan fingerprint density at radius 3 is 2.81 bits per heavy atom. The zero-order valence-electron chi connectivity index (χ0n) is 14.7. The minimum atomic E-state index is -0.192. The molecule has 0 bridgehead atoms. The molecule has 5 rings (SSSR count). The van der Waals surface area contributed by atoms with Gasteiger partial charge in [-0.1, -0.05) is 11.6 Å². The van der Waals surface area contributed by atoms with Gasteiger partial charge in [0.25, 0.3) is 0 Å². The molecule has 3 heterocycles. The van der Waals surface area contributed by atoms with Gasteiger partial charge >= 0.3 is 5.63 Å². The average Bonchev–Trinajstić information content (AvgIpc) is 3.16. The summed E-state index contributed by atoms with van der Waals surface area (Å²) in [7, 11) is 0. The van der Waals surface area contributed by atoms with Gasteiger partial charge < -0.3 is 13.9 Å². The Hall–Kier alpha value is -1.56. The number of hydrogen-bond acceptors (Lipinski definition) is 4. The molecule has 1 fully saturated rings. The van der Waals surface area contributed by atoms with E-state index in [4.69, 9.17) is 25.5 Å². The van der Waals surface area contributed by atoms with Crippen LogP contribution in [0.3, 0.4) is 0 Å². The van der Waals surface area contributed by atoms with E-state index in [0.717, 1.165) is 80.3 Å². The van der Waals surface area contributed by atoms with E-state index in [1.54, 1.807) is 0 Å². The second-order valence-electron chi connectivity index (χ2n) is 7.65. The molecule has 26 heavy (non-hydrogen) atoms. The highest BCUT2D eigenvalue weighted by Crippen LogP contribution is 2.38. The molecule has 1 aromatic carbocycles. The summed E-state index contributed by atoms with van der Waals surface area (Å²) in [4.78, 5) is 13.8. The number of benzene rings is 1. The third-order valence-corrected chi connectivity index (χ3v) is 6.18. The number of quaternary nitrogens is 1. The van der Waals surface area contributed by atoms with Crippen LogP contribution in [0.1, 0.15) is 42.4 Å². The smallest absolute Gasteiger partial charge is 0.339 e. The predicted molar refractivity (Wildman–Crippen MR) is 98.1 cm³/mol. The summed E-state index contributed by atoms with van der Waals surface area (Å²) in [5, 5.41) is 1.61. The molecule has 0 radical (unpaired) electrons. The van der Waals surface area contributed by atoms with Crippen LogP contribution < -0.4 is 15.3 Å². The molecule has 6 heteroatoms. The third-order valence-electron chi connectivity index (χ3n) is 5.90. The van der Waals surface area contributed by atoms with Gasteiger partial charge in [-0.2, -0.15) is 0 Å².